The second-order valence-electron chi connectivity index (χ2n) is 9.15. The number of carbonyl (C=O) groups is 1. The van der Waals surface area contributed by atoms with Crippen LogP contribution in [0.5, 0.6) is 0 Å². The van der Waals surface area contributed by atoms with Gasteiger partial charge in [-0.1, -0.05) is 45.9 Å². The molecule has 0 saturated carbocycles. The largest absolute Gasteiger partial charge is 0.416 e. The minimum absolute atomic E-state index is 0.101. The van der Waals surface area contributed by atoms with Gasteiger partial charge in [-0.3, -0.25) is 4.79 Å². The summed E-state index contributed by atoms with van der Waals surface area (Å²) in [7, 11) is 0. The van der Waals surface area contributed by atoms with E-state index >= 15 is 0 Å². The smallest absolute Gasteiger partial charge is 0.362 e. The minimum Gasteiger partial charge on any atom is -0.362 e. The second kappa shape index (κ2) is 6.68. The van der Waals surface area contributed by atoms with Gasteiger partial charge in [-0.15, -0.1) is 0 Å². The van der Waals surface area contributed by atoms with Crippen LogP contribution in [0.2, 0.25) is 0 Å². The summed E-state index contributed by atoms with van der Waals surface area (Å²) in [6.45, 7) is 8.03. The molecule has 30 heavy (non-hydrogen) atoms. The summed E-state index contributed by atoms with van der Waals surface area (Å²) >= 11 is 0. The summed E-state index contributed by atoms with van der Waals surface area (Å²) in [4.78, 5) is 13.4. The number of azo groups is 1. The standard InChI is InChI=1S/C22H25F3N4O/c1-5-21(12-7-6-8-13(9-12)22(23,24)25)14-11-26-29-18(14)27-15-10-16(20(2,3)4)28-19(30)17(15)21/h6-9,11,16,18,27H,5,10H2,1-4H3,(H,28,30)/t16-,18?,21-/m1/s1. The van der Waals surface area contributed by atoms with Crippen LogP contribution < -0.4 is 10.6 Å². The Bertz CT molecular complexity index is 987. The van der Waals surface area contributed by atoms with Crippen molar-refractivity contribution in [3.63, 3.8) is 0 Å². The molecule has 3 aliphatic heterocycles. The molecule has 0 aromatic heterocycles. The fraction of sp³-hybridized carbons (Fsp3) is 0.500. The van der Waals surface area contributed by atoms with E-state index in [1.807, 2.05) is 27.7 Å². The average molecular weight is 418 g/mol. The molecule has 160 valence electrons. The van der Waals surface area contributed by atoms with Crippen LogP contribution in [0.25, 0.3) is 0 Å². The number of carbonyl (C=O) groups excluding carboxylic acids is 1. The number of fused-ring (bicyclic) bond motifs is 1. The lowest BCUT2D eigenvalue weighted by Gasteiger charge is -2.48. The van der Waals surface area contributed by atoms with Gasteiger partial charge < -0.3 is 10.6 Å². The lowest BCUT2D eigenvalue weighted by atomic mass is 9.62. The van der Waals surface area contributed by atoms with Gasteiger partial charge in [0.15, 0.2) is 6.17 Å². The Kier molecular flexibility index (Phi) is 4.60. The van der Waals surface area contributed by atoms with Gasteiger partial charge >= 0.3 is 6.18 Å². The lowest BCUT2D eigenvalue weighted by molar-refractivity contribution is -0.137. The molecule has 8 heteroatoms. The van der Waals surface area contributed by atoms with Gasteiger partial charge in [0.1, 0.15) is 0 Å². The van der Waals surface area contributed by atoms with Gasteiger partial charge in [-0.05, 0) is 23.5 Å². The highest BCUT2D eigenvalue weighted by Crippen LogP contribution is 2.51. The first-order chi connectivity index (χ1) is 14.0. The fourth-order valence-corrected chi connectivity index (χ4v) is 4.74. The molecule has 0 saturated heterocycles. The Balaban J connectivity index is 1.94. The number of alkyl halides is 3. The third kappa shape index (κ3) is 3.04. The Morgan fingerprint density at radius 1 is 1.20 bits per heavy atom. The van der Waals surface area contributed by atoms with Crippen molar-refractivity contribution in [3.05, 3.63) is 58.4 Å². The van der Waals surface area contributed by atoms with Crippen molar-refractivity contribution in [3.8, 4) is 0 Å². The van der Waals surface area contributed by atoms with Crippen LogP contribution in [-0.2, 0) is 16.4 Å². The van der Waals surface area contributed by atoms with Crippen molar-refractivity contribution >= 4 is 5.91 Å². The first-order valence-electron chi connectivity index (χ1n) is 10.1. The van der Waals surface area contributed by atoms with E-state index < -0.39 is 23.3 Å². The molecule has 3 heterocycles. The van der Waals surface area contributed by atoms with Crippen LogP contribution in [-0.4, -0.2) is 18.1 Å². The molecule has 0 fully saturated rings. The molecular formula is C22H25F3N4O. The molecule has 1 unspecified atom stereocenters. The topological polar surface area (TPSA) is 65.8 Å². The predicted octanol–water partition coefficient (Wildman–Crippen LogP) is 4.82. The maximum absolute atomic E-state index is 13.5. The Morgan fingerprint density at radius 3 is 2.57 bits per heavy atom. The summed E-state index contributed by atoms with van der Waals surface area (Å²) < 4.78 is 40.4. The second-order valence-corrected chi connectivity index (χ2v) is 9.15. The van der Waals surface area contributed by atoms with E-state index in [-0.39, 0.29) is 17.4 Å². The summed E-state index contributed by atoms with van der Waals surface area (Å²) in [6.07, 6.45) is -2.40. The number of hydrogen-bond acceptors (Lipinski definition) is 4. The van der Waals surface area contributed by atoms with Gasteiger partial charge in [-0.25, -0.2) is 0 Å². The van der Waals surface area contributed by atoms with Gasteiger partial charge in [0.05, 0.1) is 22.8 Å². The van der Waals surface area contributed by atoms with Gasteiger partial charge in [0.2, 0.25) is 5.91 Å². The molecular weight excluding hydrogens is 393 g/mol. The summed E-state index contributed by atoms with van der Waals surface area (Å²) in [5, 5.41) is 14.7. The molecule has 5 nitrogen and oxygen atoms in total. The average Bonchev–Trinajstić information content (AvgIpc) is 3.13. The highest BCUT2D eigenvalue weighted by atomic mass is 19.4. The van der Waals surface area contributed by atoms with Crippen LogP contribution in [0.1, 0.15) is 51.7 Å². The van der Waals surface area contributed by atoms with E-state index in [4.69, 9.17) is 0 Å². The number of nitrogens with zero attached hydrogens (tertiary/aromatic N) is 2. The summed E-state index contributed by atoms with van der Waals surface area (Å²) in [5.74, 6) is -0.255. The zero-order chi connectivity index (χ0) is 21.9. The van der Waals surface area contributed by atoms with Crippen LogP contribution in [0.15, 0.2) is 57.5 Å². The zero-order valence-corrected chi connectivity index (χ0v) is 17.4. The number of benzene rings is 1. The number of hydrogen-bond donors (Lipinski definition) is 2. The number of halogens is 3. The van der Waals surface area contributed by atoms with E-state index in [2.05, 4.69) is 20.9 Å². The number of amides is 1. The maximum atomic E-state index is 13.5. The summed E-state index contributed by atoms with van der Waals surface area (Å²) in [6, 6.07) is 5.16. The Morgan fingerprint density at radius 2 is 1.93 bits per heavy atom. The SMILES string of the molecule is CC[C@@]1(c2cccc(C(F)(F)F)c2)C2=CN=NC2NC2=C1C(=O)N[C@@H](C(C)(C)C)C2. The third-order valence-electron chi connectivity index (χ3n) is 6.40. The number of rotatable bonds is 2. The molecule has 0 radical (unpaired) electrons. The Hall–Kier alpha value is -2.64. The van der Waals surface area contributed by atoms with E-state index in [9.17, 15) is 18.0 Å². The van der Waals surface area contributed by atoms with Gasteiger partial charge in [-0.2, -0.15) is 23.4 Å². The number of nitrogens with one attached hydrogen (secondary N) is 2. The molecule has 0 aliphatic carbocycles. The monoisotopic (exact) mass is 418 g/mol. The predicted molar refractivity (Wildman–Crippen MR) is 106 cm³/mol. The molecule has 1 aromatic rings. The maximum Gasteiger partial charge on any atom is 0.416 e. The summed E-state index contributed by atoms with van der Waals surface area (Å²) in [5.41, 5.74) is 0.410. The third-order valence-corrected chi connectivity index (χ3v) is 6.40. The van der Waals surface area contributed by atoms with Crippen molar-refractivity contribution in [2.45, 2.75) is 64.3 Å². The quantitative estimate of drug-likeness (QED) is 0.723. The van der Waals surface area contributed by atoms with Crippen molar-refractivity contribution in [2.24, 2.45) is 15.6 Å². The molecule has 1 aromatic carbocycles. The van der Waals surface area contributed by atoms with Crippen molar-refractivity contribution in [1.29, 1.82) is 0 Å². The first-order valence-corrected chi connectivity index (χ1v) is 10.1. The lowest BCUT2D eigenvalue weighted by Crippen LogP contribution is -2.57. The highest BCUT2D eigenvalue weighted by Gasteiger charge is 2.53. The van der Waals surface area contributed by atoms with Crippen LogP contribution in [0.3, 0.4) is 0 Å². The highest BCUT2D eigenvalue weighted by molar-refractivity contribution is 5.99. The van der Waals surface area contributed by atoms with Crippen LogP contribution in [0, 0.1) is 5.41 Å². The molecule has 0 spiro atoms. The van der Waals surface area contributed by atoms with E-state index in [1.54, 1.807) is 12.3 Å². The molecule has 3 atom stereocenters. The zero-order valence-electron chi connectivity index (χ0n) is 17.4. The first kappa shape index (κ1) is 20.6. The molecule has 1 amide bonds. The van der Waals surface area contributed by atoms with E-state index in [1.165, 1.54) is 6.07 Å². The molecule has 4 rings (SSSR count). The van der Waals surface area contributed by atoms with Crippen molar-refractivity contribution in [1.82, 2.24) is 10.6 Å². The van der Waals surface area contributed by atoms with Gasteiger partial charge in [0.25, 0.3) is 0 Å². The van der Waals surface area contributed by atoms with Gasteiger partial charge in [0, 0.05) is 23.7 Å². The van der Waals surface area contributed by atoms with Crippen LogP contribution >= 0.6 is 0 Å². The van der Waals surface area contributed by atoms with E-state index in [0.29, 0.717) is 29.6 Å². The fourth-order valence-electron chi connectivity index (χ4n) is 4.74. The van der Waals surface area contributed by atoms with E-state index in [0.717, 1.165) is 17.8 Å². The van der Waals surface area contributed by atoms with Crippen LogP contribution in [0.4, 0.5) is 13.2 Å². The molecule has 2 N–H and O–H groups in total. The normalized spacial score (nSPS) is 28.5. The van der Waals surface area contributed by atoms with Crippen molar-refractivity contribution in [2.75, 3.05) is 0 Å². The molecule has 0 bridgehead atoms. The van der Waals surface area contributed by atoms with Crippen molar-refractivity contribution < 1.29 is 18.0 Å². The molecule has 3 aliphatic rings. The minimum atomic E-state index is -4.47. The Labute approximate surface area is 173 Å².